The van der Waals surface area contributed by atoms with E-state index in [2.05, 4.69) is 17.4 Å². The average molecular weight is 205 g/mol. The lowest BCUT2D eigenvalue weighted by Gasteiger charge is -2.14. The van der Waals surface area contributed by atoms with Gasteiger partial charge in [0.1, 0.15) is 0 Å². The summed E-state index contributed by atoms with van der Waals surface area (Å²) < 4.78 is 0. The molecule has 3 rings (SSSR count). The molecule has 0 spiro atoms. The molecule has 2 aliphatic carbocycles. The summed E-state index contributed by atoms with van der Waals surface area (Å²) in [6.45, 7) is 0. The highest BCUT2D eigenvalue weighted by atomic mass is 32.1. The van der Waals surface area contributed by atoms with E-state index in [0.29, 0.717) is 0 Å². The van der Waals surface area contributed by atoms with Gasteiger partial charge in [0.05, 0.1) is 0 Å². The standard InChI is InChI=1S/C13H17S/c1-3-7-12-10(5-1)9-11-6-2-4-8-13(11)14-12/h9H,1-8H2/q+1. The molecule has 74 valence electrons. The second-order valence-electron chi connectivity index (χ2n) is 4.56. The Morgan fingerprint density at radius 1 is 0.714 bits per heavy atom. The van der Waals surface area contributed by atoms with Crippen LogP contribution in [0.5, 0.6) is 0 Å². The van der Waals surface area contributed by atoms with Crippen LogP contribution in [0.3, 0.4) is 0 Å². The third kappa shape index (κ3) is 1.48. The number of aryl methyl sites for hydroxylation is 4. The monoisotopic (exact) mass is 205 g/mol. The van der Waals surface area contributed by atoms with Crippen molar-refractivity contribution in [1.82, 2.24) is 0 Å². The van der Waals surface area contributed by atoms with Crippen molar-refractivity contribution in [3.8, 4) is 0 Å². The fraction of sp³-hybridized carbons (Fsp3) is 0.615. The van der Waals surface area contributed by atoms with Gasteiger partial charge in [0.2, 0.25) is 21.1 Å². The molecule has 1 heteroatoms. The molecule has 0 atom stereocenters. The van der Waals surface area contributed by atoms with E-state index in [1.807, 2.05) is 0 Å². The molecule has 0 aromatic carbocycles. The van der Waals surface area contributed by atoms with E-state index in [-0.39, 0.29) is 0 Å². The van der Waals surface area contributed by atoms with Crippen molar-refractivity contribution in [3.63, 3.8) is 0 Å². The Hall–Kier alpha value is -0.430. The summed E-state index contributed by atoms with van der Waals surface area (Å²) in [4.78, 5) is 3.41. The highest BCUT2D eigenvalue weighted by Crippen LogP contribution is 2.33. The summed E-state index contributed by atoms with van der Waals surface area (Å²) in [5.74, 6) is 0. The van der Waals surface area contributed by atoms with Crippen LogP contribution in [0.15, 0.2) is 6.07 Å². The van der Waals surface area contributed by atoms with Crippen LogP contribution in [0, 0.1) is 0 Å². The number of hydrogen-bond acceptors (Lipinski definition) is 0. The van der Waals surface area contributed by atoms with Gasteiger partial charge in [-0.05, 0) is 44.6 Å². The molecule has 0 radical (unpaired) electrons. The first-order valence-corrected chi connectivity index (χ1v) is 6.72. The predicted molar refractivity (Wildman–Crippen MR) is 62.0 cm³/mol. The van der Waals surface area contributed by atoms with Crippen LogP contribution in [0.4, 0.5) is 0 Å². The minimum Gasteiger partial charge on any atom is -0.0485 e. The zero-order chi connectivity index (χ0) is 9.38. The van der Waals surface area contributed by atoms with E-state index in [1.165, 1.54) is 51.4 Å². The predicted octanol–water partition coefficient (Wildman–Crippen LogP) is 3.79. The first-order chi connectivity index (χ1) is 6.93. The number of rotatable bonds is 0. The fourth-order valence-electron chi connectivity index (χ4n) is 2.70. The Morgan fingerprint density at radius 2 is 1.21 bits per heavy atom. The van der Waals surface area contributed by atoms with Crippen molar-refractivity contribution in [1.29, 1.82) is 0 Å². The van der Waals surface area contributed by atoms with Gasteiger partial charge in [0.25, 0.3) is 0 Å². The number of fused-ring (bicyclic) bond motifs is 2. The van der Waals surface area contributed by atoms with E-state index in [0.717, 1.165) is 0 Å². The van der Waals surface area contributed by atoms with Crippen LogP contribution in [0.25, 0.3) is 0 Å². The summed E-state index contributed by atoms with van der Waals surface area (Å²) in [5, 5.41) is 0. The summed E-state index contributed by atoms with van der Waals surface area (Å²) in [6, 6.07) is 2.53. The van der Waals surface area contributed by atoms with Gasteiger partial charge < -0.3 is 0 Å². The average Bonchev–Trinajstić information content (AvgIpc) is 2.26. The molecule has 0 unspecified atom stereocenters. The third-order valence-electron chi connectivity index (χ3n) is 3.51. The van der Waals surface area contributed by atoms with Gasteiger partial charge >= 0.3 is 0 Å². The maximum atomic E-state index is 2.53. The van der Waals surface area contributed by atoms with Crippen molar-refractivity contribution in [2.75, 3.05) is 0 Å². The molecule has 1 aromatic rings. The fourth-order valence-corrected chi connectivity index (χ4v) is 4.07. The van der Waals surface area contributed by atoms with E-state index >= 15 is 0 Å². The third-order valence-corrected chi connectivity index (χ3v) is 4.94. The van der Waals surface area contributed by atoms with Gasteiger partial charge in [-0.25, -0.2) is 0 Å². The maximum absolute atomic E-state index is 2.53. The van der Waals surface area contributed by atoms with Gasteiger partial charge in [-0.15, -0.1) is 0 Å². The molecular formula is C13H17S+. The van der Waals surface area contributed by atoms with E-state index < -0.39 is 0 Å². The highest BCUT2D eigenvalue weighted by molar-refractivity contribution is 7.11. The molecule has 1 heterocycles. The van der Waals surface area contributed by atoms with Gasteiger partial charge in [-0.2, -0.15) is 0 Å². The maximum Gasteiger partial charge on any atom is 0.218 e. The van der Waals surface area contributed by atoms with Crippen LogP contribution in [0.1, 0.15) is 46.6 Å². The molecule has 0 fully saturated rings. The lowest BCUT2D eigenvalue weighted by molar-refractivity contribution is 0.676. The molecule has 0 saturated carbocycles. The first kappa shape index (κ1) is 8.84. The summed E-state index contributed by atoms with van der Waals surface area (Å²) in [7, 11) is 0. The molecular weight excluding hydrogens is 188 g/mol. The molecule has 2 aliphatic rings. The quantitative estimate of drug-likeness (QED) is 0.565. The van der Waals surface area contributed by atoms with Crippen molar-refractivity contribution in [2.45, 2.75) is 51.4 Å². The SMILES string of the molecule is c1c2c([s+]c3c1CCCC3)CCCC2. The Bertz CT molecular complexity index is 288. The molecule has 0 aliphatic heterocycles. The Kier molecular flexibility index (Phi) is 2.28. The van der Waals surface area contributed by atoms with Gasteiger partial charge in [-0.3, -0.25) is 0 Å². The van der Waals surface area contributed by atoms with Gasteiger partial charge in [0, 0.05) is 24.0 Å². The van der Waals surface area contributed by atoms with Crippen molar-refractivity contribution in [2.24, 2.45) is 0 Å². The zero-order valence-corrected chi connectivity index (χ0v) is 9.46. The molecule has 1 aromatic heterocycles. The second kappa shape index (κ2) is 3.62. The summed E-state index contributed by atoms with van der Waals surface area (Å²) in [5.41, 5.74) is 3.36. The highest BCUT2D eigenvalue weighted by Gasteiger charge is 2.25. The lowest BCUT2D eigenvalue weighted by atomic mass is 9.93. The smallest absolute Gasteiger partial charge is 0.0485 e. The normalized spacial score (nSPS) is 20.0. The van der Waals surface area contributed by atoms with Crippen LogP contribution >= 0.6 is 11.3 Å². The van der Waals surface area contributed by atoms with Gasteiger partial charge in [0.15, 0.2) is 0 Å². The van der Waals surface area contributed by atoms with Crippen molar-refractivity contribution in [3.05, 3.63) is 26.9 Å². The second-order valence-corrected chi connectivity index (χ2v) is 5.75. The van der Waals surface area contributed by atoms with Crippen LogP contribution in [-0.2, 0) is 25.7 Å². The van der Waals surface area contributed by atoms with Crippen molar-refractivity contribution >= 4 is 11.3 Å². The van der Waals surface area contributed by atoms with Crippen molar-refractivity contribution < 1.29 is 0 Å². The summed E-state index contributed by atoms with van der Waals surface area (Å²) >= 11 is 2.13. The summed E-state index contributed by atoms with van der Waals surface area (Å²) in [6.07, 6.45) is 11.1. The molecule has 0 bridgehead atoms. The van der Waals surface area contributed by atoms with Gasteiger partial charge in [-0.1, -0.05) is 0 Å². The van der Waals surface area contributed by atoms with Crippen LogP contribution < -0.4 is 0 Å². The Balaban J connectivity index is 2.06. The Labute approximate surface area is 90.0 Å². The lowest BCUT2D eigenvalue weighted by Crippen LogP contribution is -2.07. The first-order valence-electron chi connectivity index (χ1n) is 5.90. The minimum atomic E-state index is 1.35. The van der Waals surface area contributed by atoms with E-state index in [9.17, 15) is 0 Å². The largest absolute Gasteiger partial charge is 0.218 e. The van der Waals surface area contributed by atoms with E-state index in [4.69, 9.17) is 0 Å². The minimum absolute atomic E-state index is 1.35. The molecule has 14 heavy (non-hydrogen) atoms. The Morgan fingerprint density at radius 3 is 1.79 bits per heavy atom. The molecule has 0 amide bonds. The van der Waals surface area contributed by atoms with E-state index in [1.54, 1.807) is 20.9 Å². The zero-order valence-electron chi connectivity index (χ0n) is 8.64. The molecule has 0 N–H and O–H groups in total. The van der Waals surface area contributed by atoms with Crippen LogP contribution in [0.2, 0.25) is 0 Å². The molecule has 0 saturated heterocycles. The van der Waals surface area contributed by atoms with Crippen LogP contribution in [-0.4, -0.2) is 0 Å². The topological polar surface area (TPSA) is 0 Å². The number of hydrogen-bond donors (Lipinski definition) is 0. The molecule has 0 nitrogen and oxygen atoms in total.